The number of hydrogen-bond donors (Lipinski definition) is 1. The normalized spacial score (nSPS) is 17.7. The quantitative estimate of drug-likeness (QED) is 0.567. The zero-order chi connectivity index (χ0) is 13.6. The van der Waals surface area contributed by atoms with Gasteiger partial charge in [0.2, 0.25) is 7.37 Å². The van der Waals surface area contributed by atoms with Gasteiger partial charge in [0, 0.05) is 12.3 Å². The summed E-state index contributed by atoms with van der Waals surface area (Å²) in [5.74, 6) is -2.41. The second kappa shape index (κ2) is 6.77. The summed E-state index contributed by atoms with van der Waals surface area (Å²) in [5, 5.41) is 0. The molecule has 6 nitrogen and oxygen atoms in total. The summed E-state index contributed by atoms with van der Waals surface area (Å²) < 4.78 is 20.8. The van der Waals surface area contributed by atoms with Crippen LogP contribution in [-0.2, 0) is 23.6 Å². The van der Waals surface area contributed by atoms with Gasteiger partial charge in [0.1, 0.15) is 0 Å². The smallest absolute Gasteiger partial charge is 0.308 e. The maximum Gasteiger partial charge on any atom is 0.308 e. The van der Waals surface area contributed by atoms with Gasteiger partial charge < -0.3 is 14.4 Å². The lowest BCUT2D eigenvalue weighted by Crippen LogP contribution is -2.21. The molecule has 0 aliphatic heterocycles. The van der Waals surface area contributed by atoms with Crippen LogP contribution in [-0.4, -0.2) is 43.4 Å². The maximum absolute atomic E-state index is 11.8. The van der Waals surface area contributed by atoms with Crippen molar-refractivity contribution in [3.05, 3.63) is 0 Å². The van der Waals surface area contributed by atoms with Crippen molar-refractivity contribution in [3.8, 4) is 0 Å². The number of carbonyl (C=O) groups is 2. The first-order valence-corrected chi connectivity index (χ1v) is 7.23. The second-order valence-electron chi connectivity index (χ2n) is 4.06. The number of rotatable bonds is 6. The van der Waals surface area contributed by atoms with E-state index in [0.29, 0.717) is 0 Å². The summed E-state index contributed by atoms with van der Waals surface area (Å²) in [4.78, 5) is 31.9. The highest BCUT2D eigenvalue weighted by molar-refractivity contribution is 7.58. The topological polar surface area (TPSA) is 89.9 Å². The highest BCUT2D eigenvalue weighted by Crippen LogP contribution is 2.44. The molecule has 0 rings (SSSR count). The summed E-state index contributed by atoms with van der Waals surface area (Å²) in [6, 6.07) is 0. The number of ether oxygens (including phenoxy) is 2. The molecule has 100 valence electrons. The first-order chi connectivity index (χ1) is 7.73. The summed E-state index contributed by atoms with van der Waals surface area (Å²) >= 11 is 0. The van der Waals surface area contributed by atoms with Crippen molar-refractivity contribution in [2.24, 2.45) is 11.8 Å². The van der Waals surface area contributed by atoms with Crippen molar-refractivity contribution >= 4 is 19.3 Å². The summed E-state index contributed by atoms with van der Waals surface area (Å²) in [5.41, 5.74) is 0. The lowest BCUT2D eigenvalue weighted by Gasteiger charge is -2.17. The van der Waals surface area contributed by atoms with E-state index in [0.717, 1.165) is 0 Å². The SMILES string of the molecule is COC(=O)C(C)CP(=O)(O)CC(C)C(=O)OC. The molecule has 17 heavy (non-hydrogen) atoms. The van der Waals surface area contributed by atoms with Crippen LogP contribution in [0.5, 0.6) is 0 Å². The third kappa shape index (κ3) is 5.84. The predicted molar refractivity (Wildman–Crippen MR) is 61.9 cm³/mol. The van der Waals surface area contributed by atoms with Crippen LogP contribution in [0.2, 0.25) is 0 Å². The summed E-state index contributed by atoms with van der Waals surface area (Å²) in [6.45, 7) is 3.02. The van der Waals surface area contributed by atoms with E-state index < -0.39 is 31.1 Å². The Balaban J connectivity index is 4.44. The van der Waals surface area contributed by atoms with Gasteiger partial charge in [0.25, 0.3) is 0 Å². The van der Waals surface area contributed by atoms with Gasteiger partial charge in [0.05, 0.1) is 26.1 Å². The standard InChI is InChI=1S/C10H19O6P/c1-7(9(11)15-3)5-17(13,14)6-8(2)10(12)16-4/h7-8H,5-6H2,1-4H3,(H,13,14). The maximum atomic E-state index is 11.8. The monoisotopic (exact) mass is 266 g/mol. The molecule has 0 fully saturated rings. The number of methoxy groups -OCH3 is 2. The van der Waals surface area contributed by atoms with Crippen LogP contribution in [0.4, 0.5) is 0 Å². The van der Waals surface area contributed by atoms with Crippen LogP contribution in [0.1, 0.15) is 13.8 Å². The van der Waals surface area contributed by atoms with E-state index in [9.17, 15) is 19.0 Å². The fraction of sp³-hybridized carbons (Fsp3) is 0.800. The Kier molecular flexibility index (Phi) is 6.42. The van der Waals surface area contributed by atoms with Crippen molar-refractivity contribution in [3.63, 3.8) is 0 Å². The van der Waals surface area contributed by atoms with Gasteiger partial charge in [-0.2, -0.15) is 0 Å². The Morgan fingerprint density at radius 3 is 1.59 bits per heavy atom. The number of carbonyl (C=O) groups excluding carboxylic acids is 2. The predicted octanol–water partition coefficient (Wildman–Crippen LogP) is 0.875. The zero-order valence-corrected chi connectivity index (χ0v) is 11.4. The van der Waals surface area contributed by atoms with E-state index in [1.165, 1.54) is 28.1 Å². The minimum atomic E-state index is -3.54. The molecule has 0 spiro atoms. The van der Waals surface area contributed by atoms with Crippen LogP contribution in [0, 0.1) is 11.8 Å². The van der Waals surface area contributed by atoms with Crippen LogP contribution < -0.4 is 0 Å². The van der Waals surface area contributed by atoms with Crippen LogP contribution in [0.25, 0.3) is 0 Å². The van der Waals surface area contributed by atoms with Gasteiger partial charge in [-0.25, -0.2) is 0 Å². The van der Waals surface area contributed by atoms with Crippen molar-refractivity contribution in [2.75, 3.05) is 26.5 Å². The highest BCUT2D eigenvalue weighted by Gasteiger charge is 2.30. The van der Waals surface area contributed by atoms with Gasteiger partial charge >= 0.3 is 11.9 Å². The molecule has 0 aliphatic carbocycles. The minimum absolute atomic E-state index is 0.193. The van der Waals surface area contributed by atoms with Crippen molar-refractivity contribution < 1.29 is 28.5 Å². The fourth-order valence-electron chi connectivity index (χ4n) is 1.48. The van der Waals surface area contributed by atoms with E-state index in [1.54, 1.807) is 0 Å². The second-order valence-corrected chi connectivity index (χ2v) is 6.48. The number of esters is 2. The molecule has 0 aromatic rings. The Hall–Kier alpha value is -0.870. The first kappa shape index (κ1) is 16.1. The molecule has 0 aromatic carbocycles. The third-order valence-electron chi connectivity index (χ3n) is 2.33. The van der Waals surface area contributed by atoms with E-state index in [2.05, 4.69) is 9.47 Å². The van der Waals surface area contributed by atoms with Crippen LogP contribution in [0.15, 0.2) is 0 Å². The van der Waals surface area contributed by atoms with E-state index in [-0.39, 0.29) is 12.3 Å². The summed E-state index contributed by atoms with van der Waals surface area (Å²) in [7, 11) is -1.10. The summed E-state index contributed by atoms with van der Waals surface area (Å²) in [6.07, 6.45) is -0.387. The zero-order valence-electron chi connectivity index (χ0n) is 10.5. The Bertz CT molecular complexity index is 299. The van der Waals surface area contributed by atoms with E-state index in [1.807, 2.05) is 0 Å². The van der Waals surface area contributed by atoms with Gasteiger partial charge in [-0.05, 0) is 0 Å². The molecule has 0 aromatic heterocycles. The lowest BCUT2D eigenvalue weighted by molar-refractivity contribution is -0.144. The minimum Gasteiger partial charge on any atom is -0.469 e. The molecule has 7 heteroatoms. The molecule has 2 atom stereocenters. The average molecular weight is 266 g/mol. The fourth-order valence-corrected chi connectivity index (χ4v) is 3.64. The van der Waals surface area contributed by atoms with Crippen molar-refractivity contribution in [2.45, 2.75) is 13.8 Å². The van der Waals surface area contributed by atoms with Gasteiger partial charge in [-0.1, -0.05) is 13.8 Å². The Morgan fingerprint density at radius 2 is 1.35 bits per heavy atom. The van der Waals surface area contributed by atoms with E-state index in [4.69, 9.17) is 0 Å². The molecular formula is C10H19O6P. The van der Waals surface area contributed by atoms with Gasteiger partial charge in [-0.15, -0.1) is 0 Å². The van der Waals surface area contributed by atoms with Crippen LogP contribution in [0.3, 0.4) is 0 Å². The molecule has 0 saturated heterocycles. The molecule has 1 N–H and O–H groups in total. The van der Waals surface area contributed by atoms with Gasteiger partial charge in [-0.3, -0.25) is 14.2 Å². The van der Waals surface area contributed by atoms with E-state index >= 15 is 0 Å². The lowest BCUT2D eigenvalue weighted by atomic mass is 10.2. The third-order valence-corrected chi connectivity index (χ3v) is 4.56. The molecule has 0 aliphatic rings. The molecule has 0 radical (unpaired) electrons. The molecule has 2 unspecified atom stereocenters. The largest absolute Gasteiger partial charge is 0.469 e. The first-order valence-electron chi connectivity index (χ1n) is 5.20. The molecule has 0 bridgehead atoms. The Morgan fingerprint density at radius 1 is 1.06 bits per heavy atom. The van der Waals surface area contributed by atoms with Crippen molar-refractivity contribution in [1.82, 2.24) is 0 Å². The van der Waals surface area contributed by atoms with Gasteiger partial charge in [0.15, 0.2) is 0 Å². The highest BCUT2D eigenvalue weighted by atomic mass is 31.2. The molecule has 0 saturated carbocycles. The average Bonchev–Trinajstić information content (AvgIpc) is 2.25. The molecular weight excluding hydrogens is 247 g/mol. The number of hydrogen-bond acceptors (Lipinski definition) is 5. The molecule has 0 amide bonds. The van der Waals surface area contributed by atoms with Crippen molar-refractivity contribution in [1.29, 1.82) is 0 Å². The van der Waals surface area contributed by atoms with Crippen LogP contribution >= 0.6 is 7.37 Å². The Labute approximate surface area is 101 Å². The molecule has 0 heterocycles.